The van der Waals surface area contributed by atoms with Gasteiger partial charge in [-0.25, -0.2) is 4.79 Å². The largest absolute Gasteiger partial charge is 0.366 e. The van der Waals surface area contributed by atoms with Gasteiger partial charge in [0.05, 0.1) is 12.1 Å². The molecule has 174 valence electrons. The van der Waals surface area contributed by atoms with Crippen molar-refractivity contribution in [2.75, 3.05) is 32.8 Å². The number of nitrogens with one attached hydrogen (secondary N) is 1. The number of hydrogen-bond acceptors (Lipinski definition) is 3. The first kappa shape index (κ1) is 22.0. The SMILES string of the molecule is Cc1cccc([C@@H](c2ccccc2)C2CCN(C(=O)N3CCC4OCC(=O)N[C@@H]4C3)CC2)c1. The minimum Gasteiger partial charge on any atom is -0.366 e. The highest BCUT2D eigenvalue weighted by molar-refractivity contribution is 5.79. The van der Waals surface area contributed by atoms with Gasteiger partial charge in [-0.3, -0.25) is 4.79 Å². The van der Waals surface area contributed by atoms with Crippen LogP contribution in [0.5, 0.6) is 0 Å². The summed E-state index contributed by atoms with van der Waals surface area (Å²) in [6.07, 6.45) is 2.77. The molecule has 0 spiro atoms. The molecule has 0 aliphatic carbocycles. The van der Waals surface area contributed by atoms with Crippen LogP contribution in [0.4, 0.5) is 4.79 Å². The van der Waals surface area contributed by atoms with E-state index in [2.05, 4.69) is 66.8 Å². The lowest BCUT2D eigenvalue weighted by molar-refractivity contribution is -0.139. The van der Waals surface area contributed by atoms with Gasteiger partial charge >= 0.3 is 6.03 Å². The normalized spacial score (nSPS) is 24.7. The van der Waals surface area contributed by atoms with Crippen molar-refractivity contribution in [2.45, 2.75) is 44.2 Å². The maximum Gasteiger partial charge on any atom is 0.320 e. The molecule has 5 rings (SSSR count). The molecule has 3 amide bonds. The third-order valence-corrected chi connectivity index (χ3v) is 7.44. The van der Waals surface area contributed by atoms with Crippen molar-refractivity contribution < 1.29 is 14.3 Å². The lowest BCUT2D eigenvalue weighted by Crippen LogP contribution is -2.62. The molecule has 0 radical (unpaired) electrons. The Morgan fingerprint density at radius 3 is 2.45 bits per heavy atom. The molecule has 3 heterocycles. The van der Waals surface area contributed by atoms with E-state index in [1.807, 2.05) is 9.80 Å². The van der Waals surface area contributed by atoms with Gasteiger partial charge in [-0.15, -0.1) is 0 Å². The van der Waals surface area contributed by atoms with Crippen molar-refractivity contribution in [2.24, 2.45) is 5.92 Å². The first-order valence-electron chi connectivity index (χ1n) is 12.1. The second kappa shape index (κ2) is 9.56. The fraction of sp³-hybridized carbons (Fsp3) is 0.481. The Hall–Kier alpha value is -2.86. The monoisotopic (exact) mass is 447 g/mol. The maximum absolute atomic E-state index is 13.3. The zero-order chi connectivity index (χ0) is 22.8. The third-order valence-electron chi connectivity index (χ3n) is 7.44. The van der Waals surface area contributed by atoms with E-state index in [1.54, 1.807) is 0 Å². The van der Waals surface area contributed by atoms with Gasteiger partial charge in [0.15, 0.2) is 0 Å². The molecule has 1 N–H and O–H groups in total. The fourth-order valence-electron chi connectivity index (χ4n) is 5.76. The minimum absolute atomic E-state index is 0.0263. The average Bonchev–Trinajstić information content (AvgIpc) is 2.84. The molecule has 3 aliphatic heterocycles. The Morgan fingerprint density at radius 1 is 0.970 bits per heavy atom. The van der Waals surface area contributed by atoms with Gasteiger partial charge in [0.25, 0.3) is 0 Å². The van der Waals surface area contributed by atoms with E-state index < -0.39 is 0 Å². The van der Waals surface area contributed by atoms with Crippen LogP contribution >= 0.6 is 0 Å². The second-order valence-electron chi connectivity index (χ2n) is 9.67. The number of carbonyl (C=O) groups is 2. The molecule has 0 saturated carbocycles. The molecule has 0 aromatic heterocycles. The predicted molar refractivity (Wildman–Crippen MR) is 127 cm³/mol. The number of ether oxygens (including phenoxy) is 1. The van der Waals surface area contributed by atoms with E-state index in [1.165, 1.54) is 16.7 Å². The van der Waals surface area contributed by atoms with E-state index in [-0.39, 0.29) is 30.7 Å². The maximum atomic E-state index is 13.3. The standard InChI is InChI=1S/C27H33N3O3/c1-19-6-5-9-22(16-19)26(20-7-3-2-4-8-20)21-10-13-29(14-11-21)27(32)30-15-12-24-23(17-30)28-25(31)18-33-24/h2-9,16,21,23-24,26H,10-15,17-18H2,1H3,(H,28,31)/t23-,24?,26+/m1/s1. The van der Waals surface area contributed by atoms with Crippen LogP contribution in [0.1, 0.15) is 41.9 Å². The van der Waals surface area contributed by atoms with Crippen LogP contribution in [0.3, 0.4) is 0 Å². The Kier molecular flexibility index (Phi) is 6.36. The number of rotatable bonds is 3. The Morgan fingerprint density at radius 2 is 1.70 bits per heavy atom. The topological polar surface area (TPSA) is 61.9 Å². The Labute approximate surface area is 195 Å². The van der Waals surface area contributed by atoms with Crippen LogP contribution in [-0.2, 0) is 9.53 Å². The summed E-state index contributed by atoms with van der Waals surface area (Å²) in [5, 5.41) is 2.99. The highest BCUT2D eigenvalue weighted by Crippen LogP contribution is 2.38. The molecule has 6 nitrogen and oxygen atoms in total. The molecule has 0 bridgehead atoms. The number of morpholine rings is 1. The molecule has 3 aliphatic rings. The number of amides is 3. The van der Waals surface area contributed by atoms with E-state index in [9.17, 15) is 9.59 Å². The summed E-state index contributed by atoms with van der Waals surface area (Å²) in [6, 6.07) is 19.6. The van der Waals surface area contributed by atoms with Crippen LogP contribution in [0.25, 0.3) is 0 Å². The number of hydrogen-bond donors (Lipinski definition) is 1. The van der Waals surface area contributed by atoms with Crippen molar-refractivity contribution in [3.63, 3.8) is 0 Å². The van der Waals surface area contributed by atoms with E-state index in [0.717, 1.165) is 32.4 Å². The smallest absolute Gasteiger partial charge is 0.320 e. The average molecular weight is 448 g/mol. The number of nitrogens with zero attached hydrogens (tertiary/aromatic N) is 2. The van der Waals surface area contributed by atoms with Crippen LogP contribution in [-0.4, -0.2) is 66.7 Å². The van der Waals surface area contributed by atoms with Gasteiger partial charge in [0.2, 0.25) is 5.91 Å². The lowest BCUT2D eigenvalue weighted by atomic mass is 9.76. The van der Waals surface area contributed by atoms with Crippen LogP contribution < -0.4 is 5.32 Å². The molecule has 3 saturated heterocycles. The molecule has 2 aromatic rings. The van der Waals surface area contributed by atoms with E-state index >= 15 is 0 Å². The van der Waals surface area contributed by atoms with E-state index in [4.69, 9.17) is 4.74 Å². The molecular weight excluding hydrogens is 414 g/mol. The van der Waals surface area contributed by atoms with Crippen molar-refractivity contribution in [3.8, 4) is 0 Å². The minimum atomic E-state index is -0.0923. The van der Waals surface area contributed by atoms with Crippen molar-refractivity contribution in [3.05, 3.63) is 71.3 Å². The summed E-state index contributed by atoms with van der Waals surface area (Å²) in [6.45, 7) is 5.04. The van der Waals surface area contributed by atoms with Gasteiger partial charge in [0.1, 0.15) is 6.61 Å². The lowest BCUT2D eigenvalue weighted by Gasteiger charge is -2.44. The summed E-state index contributed by atoms with van der Waals surface area (Å²) in [7, 11) is 0. The first-order valence-corrected chi connectivity index (χ1v) is 12.1. The summed E-state index contributed by atoms with van der Waals surface area (Å²) < 4.78 is 5.64. The second-order valence-corrected chi connectivity index (χ2v) is 9.67. The zero-order valence-electron chi connectivity index (χ0n) is 19.3. The van der Waals surface area contributed by atoms with Crippen molar-refractivity contribution >= 4 is 11.9 Å². The van der Waals surface area contributed by atoms with Gasteiger partial charge in [-0.05, 0) is 43.2 Å². The quantitative estimate of drug-likeness (QED) is 0.783. The van der Waals surface area contributed by atoms with Crippen molar-refractivity contribution in [1.29, 1.82) is 0 Å². The molecule has 3 fully saturated rings. The summed E-state index contributed by atoms with van der Waals surface area (Å²) in [5.74, 6) is 0.748. The number of likely N-dealkylation sites (tertiary alicyclic amines) is 2. The predicted octanol–water partition coefficient (Wildman–Crippen LogP) is 3.55. The molecule has 1 unspecified atom stereocenters. The number of urea groups is 1. The van der Waals surface area contributed by atoms with Gasteiger partial charge in [-0.1, -0.05) is 60.2 Å². The van der Waals surface area contributed by atoms with Crippen molar-refractivity contribution in [1.82, 2.24) is 15.1 Å². The number of fused-ring (bicyclic) bond motifs is 1. The summed E-state index contributed by atoms with van der Waals surface area (Å²) in [4.78, 5) is 28.9. The highest BCUT2D eigenvalue weighted by atomic mass is 16.5. The first-order chi connectivity index (χ1) is 16.1. The number of aryl methyl sites for hydroxylation is 1. The highest BCUT2D eigenvalue weighted by Gasteiger charge is 2.38. The third kappa shape index (κ3) is 4.76. The molecule has 33 heavy (non-hydrogen) atoms. The van der Waals surface area contributed by atoms with E-state index in [0.29, 0.717) is 24.9 Å². The number of benzene rings is 2. The van der Waals surface area contributed by atoms with Crippen LogP contribution in [0.2, 0.25) is 0 Å². The van der Waals surface area contributed by atoms with Gasteiger partial charge < -0.3 is 19.9 Å². The zero-order valence-corrected chi connectivity index (χ0v) is 19.3. The van der Waals surface area contributed by atoms with Gasteiger partial charge in [0, 0.05) is 32.1 Å². The Bertz CT molecular complexity index is 987. The fourth-order valence-corrected chi connectivity index (χ4v) is 5.76. The summed E-state index contributed by atoms with van der Waals surface area (Å²) >= 11 is 0. The van der Waals surface area contributed by atoms with Gasteiger partial charge in [-0.2, -0.15) is 0 Å². The molecule has 6 heteroatoms. The summed E-state index contributed by atoms with van der Waals surface area (Å²) in [5.41, 5.74) is 3.99. The molecule has 2 aromatic carbocycles. The Balaban J connectivity index is 1.25. The molecular formula is C27H33N3O3. The molecule has 3 atom stereocenters. The number of carbonyl (C=O) groups excluding carboxylic acids is 2. The van der Waals surface area contributed by atoms with Crippen LogP contribution in [0.15, 0.2) is 54.6 Å². The van der Waals surface area contributed by atoms with Crippen LogP contribution in [0, 0.1) is 12.8 Å². The number of piperidine rings is 2.